The van der Waals surface area contributed by atoms with E-state index in [1.54, 1.807) is 0 Å². The zero-order valence-corrected chi connectivity index (χ0v) is 16.8. The van der Waals surface area contributed by atoms with Gasteiger partial charge in [0.2, 0.25) is 10.0 Å². The quantitative estimate of drug-likeness (QED) is 0.799. The van der Waals surface area contributed by atoms with E-state index >= 15 is 0 Å². The van der Waals surface area contributed by atoms with Gasteiger partial charge in [-0.1, -0.05) is 35.9 Å². The van der Waals surface area contributed by atoms with Crippen molar-refractivity contribution in [2.45, 2.75) is 31.1 Å². The number of carbonyl (C=O) groups is 1. The Bertz CT molecular complexity index is 938. The summed E-state index contributed by atoms with van der Waals surface area (Å²) in [6, 6.07) is 12.3. The monoisotopic (exact) mass is 406 g/mol. The van der Waals surface area contributed by atoms with Crippen molar-refractivity contribution in [3.8, 4) is 0 Å². The van der Waals surface area contributed by atoms with Gasteiger partial charge in [0.15, 0.2) is 0 Å². The number of hydrogen-bond donors (Lipinski definition) is 1. The number of hydrogen-bond acceptors (Lipinski definition) is 3. The van der Waals surface area contributed by atoms with Crippen molar-refractivity contribution in [2.24, 2.45) is 0 Å². The van der Waals surface area contributed by atoms with E-state index in [4.69, 9.17) is 11.6 Å². The van der Waals surface area contributed by atoms with E-state index in [0.29, 0.717) is 26.1 Å². The van der Waals surface area contributed by atoms with E-state index in [1.165, 1.54) is 28.1 Å². The van der Waals surface area contributed by atoms with Crippen LogP contribution < -0.4 is 5.32 Å². The molecule has 7 heteroatoms. The number of sulfonamides is 1. The van der Waals surface area contributed by atoms with Crippen LogP contribution >= 0.6 is 11.6 Å². The van der Waals surface area contributed by atoms with E-state index in [-0.39, 0.29) is 21.4 Å². The molecule has 0 radical (unpaired) electrons. The number of carbonyl (C=O) groups excluding carboxylic acids is 1. The number of amides is 1. The molecule has 0 aromatic heterocycles. The molecule has 3 rings (SSSR count). The Labute approximate surface area is 165 Å². The average Bonchev–Trinajstić information content (AvgIpc) is 3.19. The molecule has 27 heavy (non-hydrogen) atoms. The van der Waals surface area contributed by atoms with Gasteiger partial charge in [-0.05, 0) is 55.5 Å². The van der Waals surface area contributed by atoms with Gasteiger partial charge in [-0.15, -0.1) is 0 Å². The highest BCUT2D eigenvalue weighted by atomic mass is 35.5. The van der Waals surface area contributed by atoms with Gasteiger partial charge in [-0.25, -0.2) is 8.42 Å². The van der Waals surface area contributed by atoms with Crippen molar-refractivity contribution < 1.29 is 13.2 Å². The van der Waals surface area contributed by atoms with Crippen molar-refractivity contribution in [1.82, 2.24) is 9.62 Å². The molecule has 1 saturated heterocycles. The summed E-state index contributed by atoms with van der Waals surface area (Å²) in [6.45, 7) is 3.51. The first kappa shape index (κ1) is 19.9. The summed E-state index contributed by atoms with van der Waals surface area (Å²) in [5.74, 6) is -0.368. The lowest BCUT2D eigenvalue weighted by atomic mass is 10.1. The molecule has 144 valence electrons. The van der Waals surface area contributed by atoms with E-state index < -0.39 is 10.0 Å². The Morgan fingerprint density at radius 3 is 2.56 bits per heavy atom. The number of nitrogens with zero attached hydrogens (tertiary/aromatic N) is 1. The van der Waals surface area contributed by atoms with Crippen LogP contribution in [0.1, 0.15) is 34.3 Å². The van der Waals surface area contributed by atoms with Crippen LogP contribution in [0.25, 0.3) is 0 Å². The first-order valence-electron chi connectivity index (χ1n) is 9.02. The highest BCUT2D eigenvalue weighted by Crippen LogP contribution is 2.25. The highest BCUT2D eigenvalue weighted by Gasteiger charge is 2.28. The predicted octanol–water partition coefficient (Wildman–Crippen LogP) is 3.41. The summed E-state index contributed by atoms with van der Waals surface area (Å²) in [6.07, 6.45) is 2.42. The molecule has 1 amide bonds. The lowest BCUT2D eigenvalue weighted by molar-refractivity contribution is 0.0954. The van der Waals surface area contributed by atoms with Crippen molar-refractivity contribution in [2.75, 3.05) is 19.6 Å². The third-order valence-corrected chi connectivity index (χ3v) is 7.05. The zero-order chi connectivity index (χ0) is 19.4. The summed E-state index contributed by atoms with van der Waals surface area (Å²) in [4.78, 5) is 12.6. The molecule has 5 nitrogen and oxygen atoms in total. The van der Waals surface area contributed by atoms with Gasteiger partial charge in [-0.3, -0.25) is 4.79 Å². The van der Waals surface area contributed by atoms with Crippen molar-refractivity contribution in [1.29, 1.82) is 0 Å². The number of benzene rings is 2. The van der Waals surface area contributed by atoms with Crippen LogP contribution in [0.15, 0.2) is 47.4 Å². The molecule has 0 bridgehead atoms. The molecular formula is C20H23ClN2O3S. The van der Waals surface area contributed by atoms with Crippen LogP contribution in [0.2, 0.25) is 5.02 Å². The lowest BCUT2D eigenvalue weighted by Crippen LogP contribution is -2.29. The lowest BCUT2D eigenvalue weighted by Gasteiger charge is -2.16. The summed E-state index contributed by atoms with van der Waals surface area (Å²) in [7, 11) is -3.59. The Hall–Kier alpha value is -1.89. The van der Waals surface area contributed by atoms with E-state index in [1.807, 2.05) is 31.2 Å². The Balaban J connectivity index is 1.72. The van der Waals surface area contributed by atoms with Gasteiger partial charge in [-0.2, -0.15) is 4.31 Å². The average molecular weight is 407 g/mol. The molecule has 0 saturated carbocycles. The predicted molar refractivity (Wildman–Crippen MR) is 107 cm³/mol. The first-order valence-corrected chi connectivity index (χ1v) is 10.8. The molecule has 0 atom stereocenters. The van der Waals surface area contributed by atoms with Crippen LogP contribution in [0.3, 0.4) is 0 Å². The molecular weight excluding hydrogens is 384 g/mol. The Morgan fingerprint density at radius 2 is 1.85 bits per heavy atom. The fourth-order valence-corrected chi connectivity index (χ4v) is 4.96. The summed E-state index contributed by atoms with van der Waals surface area (Å²) in [5.41, 5.74) is 2.51. The van der Waals surface area contributed by atoms with Crippen LogP contribution in [0, 0.1) is 6.92 Å². The second-order valence-electron chi connectivity index (χ2n) is 6.69. The highest BCUT2D eigenvalue weighted by molar-refractivity contribution is 7.89. The van der Waals surface area contributed by atoms with Gasteiger partial charge in [0.1, 0.15) is 0 Å². The summed E-state index contributed by atoms with van der Waals surface area (Å²) < 4.78 is 26.9. The van der Waals surface area contributed by atoms with Crippen LogP contribution in [0.4, 0.5) is 0 Å². The molecule has 0 unspecified atom stereocenters. The maximum atomic E-state index is 12.7. The van der Waals surface area contributed by atoms with E-state index in [9.17, 15) is 13.2 Å². The van der Waals surface area contributed by atoms with Gasteiger partial charge in [0.05, 0.1) is 15.5 Å². The molecule has 1 aliphatic heterocycles. The molecule has 1 aliphatic rings. The van der Waals surface area contributed by atoms with E-state index in [0.717, 1.165) is 18.4 Å². The SMILES string of the molecule is Cc1ccccc1CCNC(=O)c1cc(S(=O)(=O)N2CCCC2)ccc1Cl. The molecule has 1 fully saturated rings. The summed E-state index contributed by atoms with van der Waals surface area (Å²) in [5, 5.41) is 3.07. The minimum atomic E-state index is -3.59. The summed E-state index contributed by atoms with van der Waals surface area (Å²) >= 11 is 6.15. The van der Waals surface area contributed by atoms with Crippen molar-refractivity contribution in [3.63, 3.8) is 0 Å². The molecule has 0 aliphatic carbocycles. The largest absolute Gasteiger partial charge is 0.352 e. The standard InChI is InChI=1S/C20H23ClN2O3S/c1-15-6-2-3-7-16(15)10-11-22-20(24)18-14-17(8-9-19(18)21)27(25,26)23-12-4-5-13-23/h2-3,6-9,14H,4-5,10-13H2,1H3,(H,22,24). The Morgan fingerprint density at radius 1 is 1.15 bits per heavy atom. The van der Waals surface area contributed by atoms with Crippen LogP contribution in [-0.4, -0.2) is 38.3 Å². The van der Waals surface area contributed by atoms with Crippen LogP contribution in [-0.2, 0) is 16.4 Å². The third kappa shape index (κ3) is 4.51. The van der Waals surface area contributed by atoms with Gasteiger partial charge < -0.3 is 5.32 Å². The smallest absolute Gasteiger partial charge is 0.252 e. The topological polar surface area (TPSA) is 66.5 Å². The van der Waals surface area contributed by atoms with Gasteiger partial charge in [0.25, 0.3) is 5.91 Å². The molecule has 2 aromatic rings. The molecule has 1 heterocycles. The second-order valence-corrected chi connectivity index (χ2v) is 9.03. The third-order valence-electron chi connectivity index (χ3n) is 4.83. The number of nitrogens with one attached hydrogen (secondary N) is 1. The number of halogens is 1. The fraction of sp³-hybridized carbons (Fsp3) is 0.350. The van der Waals surface area contributed by atoms with Gasteiger partial charge >= 0.3 is 0 Å². The molecule has 2 aromatic carbocycles. The van der Waals surface area contributed by atoms with Gasteiger partial charge in [0, 0.05) is 19.6 Å². The minimum Gasteiger partial charge on any atom is -0.352 e. The minimum absolute atomic E-state index is 0.109. The van der Waals surface area contributed by atoms with Crippen LogP contribution in [0.5, 0.6) is 0 Å². The zero-order valence-electron chi connectivity index (χ0n) is 15.2. The molecule has 1 N–H and O–H groups in total. The first-order chi connectivity index (χ1) is 12.9. The normalized spacial score (nSPS) is 15.0. The second kappa shape index (κ2) is 8.42. The fourth-order valence-electron chi connectivity index (χ4n) is 3.21. The molecule has 0 spiro atoms. The van der Waals surface area contributed by atoms with E-state index in [2.05, 4.69) is 5.32 Å². The Kier molecular flexibility index (Phi) is 6.19. The van der Waals surface area contributed by atoms with Crippen molar-refractivity contribution in [3.05, 3.63) is 64.2 Å². The maximum Gasteiger partial charge on any atom is 0.252 e. The number of aryl methyl sites for hydroxylation is 1. The maximum absolute atomic E-state index is 12.7. The number of rotatable bonds is 6. The van der Waals surface area contributed by atoms with Crippen molar-refractivity contribution >= 4 is 27.5 Å².